The fraction of sp³-hybridized carbons (Fsp3) is 0.692. The molecule has 0 aliphatic rings. The van der Waals surface area contributed by atoms with Gasteiger partial charge in [-0.25, -0.2) is 9.97 Å². The normalized spacial score (nSPS) is 10.9. The van der Waals surface area contributed by atoms with E-state index in [9.17, 15) is 0 Å². The van der Waals surface area contributed by atoms with Crippen LogP contribution >= 0.6 is 0 Å². The van der Waals surface area contributed by atoms with Crippen LogP contribution < -0.4 is 10.1 Å². The lowest BCUT2D eigenvalue weighted by molar-refractivity contribution is 0.274. The second-order valence-corrected chi connectivity index (χ2v) is 4.11. The maximum atomic E-state index is 5.45. The highest BCUT2D eigenvalue weighted by atomic mass is 16.5. The first kappa shape index (κ1) is 14.9. The van der Waals surface area contributed by atoms with Crippen LogP contribution in [0.1, 0.15) is 19.5 Å². The smallest absolute Gasteiger partial charge is 0.316 e. The van der Waals surface area contributed by atoms with Gasteiger partial charge in [-0.15, -0.1) is 0 Å². The summed E-state index contributed by atoms with van der Waals surface area (Å²) in [6.07, 6.45) is 1.71. The molecule has 0 bridgehead atoms. The molecule has 0 aliphatic heterocycles. The van der Waals surface area contributed by atoms with Crippen LogP contribution in [0.25, 0.3) is 0 Å². The van der Waals surface area contributed by atoms with Crippen LogP contribution in [0.4, 0.5) is 0 Å². The number of ether oxygens (including phenoxy) is 1. The van der Waals surface area contributed by atoms with Gasteiger partial charge in [0.05, 0.1) is 0 Å². The zero-order chi connectivity index (χ0) is 13.2. The Morgan fingerprint density at radius 3 is 2.72 bits per heavy atom. The lowest BCUT2D eigenvalue weighted by Gasteiger charge is -2.17. The van der Waals surface area contributed by atoms with E-state index in [-0.39, 0.29) is 0 Å². The lowest BCUT2D eigenvalue weighted by atomic mass is 10.4. The molecule has 0 amide bonds. The van der Waals surface area contributed by atoms with E-state index in [1.165, 1.54) is 0 Å². The van der Waals surface area contributed by atoms with Gasteiger partial charge in [0, 0.05) is 31.5 Å². The van der Waals surface area contributed by atoms with Gasteiger partial charge in [0.1, 0.15) is 6.61 Å². The number of rotatable bonds is 9. The molecule has 0 spiro atoms. The van der Waals surface area contributed by atoms with Gasteiger partial charge in [-0.3, -0.25) is 0 Å². The molecule has 1 aromatic rings. The van der Waals surface area contributed by atoms with E-state index >= 15 is 0 Å². The van der Waals surface area contributed by atoms with Gasteiger partial charge in [0.15, 0.2) is 0 Å². The molecule has 5 heteroatoms. The second-order valence-electron chi connectivity index (χ2n) is 4.11. The Hall–Kier alpha value is -1.20. The molecule has 0 radical (unpaired) electrons. The van der Waals surface area contributed by atoms with Crippen LogP contribution in [0.5, 0.6) is 6.01 Å². The first-order valence-electron chi connectivity index (χ1n) is 6.61. The van der Waals surface area contributed by atoms with Crippen molar-refractivity contribution in [1.82, 2.24) is 20.2 Å². The van der Waals surface area contributed by atoms with Crippen molar-refractivity contribution in [2.24, 2.45) is 0 Å². The largest absolute Gasteiger partial charge is 0.462 e. The molecule has 0 aliphatic carbocycles. The van der Waals surface area contributed by atoms with Gasteiger partial charge >= 0.3 is 6.01 Å². The summed E-state index contributed by atoms with van der Waals surface area (Å²) in [4.78, 5) is 10.6. The molecule has 0 atom stereocenters. The van der Waals surface area contributed by atoms with Crippen LogP contribution in [0.3, 0.4) is 0 Å². The van der Waals surface area contributed by atoms with Gasteiger partial charge < -0.3 is 15.0 Å². The van der Waals surface area contributed by atoms with Gasteiger partial charge in [0.25, 0.3) is 0 Å². The Labute approximate surface area is 110 Å². The molecule has 0 aromatic carbocycles. The summed E-state index contributed by atoms with van der Waals surface area (Å²) < 4.78 is 5.45. The minimum atomic E-state index is 0.459. The molecule has 102 valence electrons. The fourth-order valence-corrected chi connectivity index (χ4v) is 1.61. The predicted molar refractivity (Wildman–Crippen MR) is 72.9 cm³/mol. The van der Waals surface area contributed by atoms with Crippen molar-refractivity contribution >= 4 is 0 Å². The van der Waals surface area contributed by atoms with Gasteiger partial charge in [-0.1, -0.05) is 13.8 Å². The topological polar surface area (TPSA) is 50.3 Å². The first-order chi connectivity index (χ1) is 8.76. The molecule has 0 saturated carbocycles. The van der Waals surface area contributed by atoms with E-state index in [0.29, 0.717) is 12.6 Å². The van der Waals surface area contributed by atoms with Crippen molar-refractivity contribution in [2.75, 3.05) is 39.3 Å². The molecule has 1 rings (SSSR count). The first-order valence-corrected chi connectivity index (χ1v) is 6.61. The van der Waals surface area contributed by atoms with E-state index < -0.39 is 0 Å². The summed E-state index contributed by atoms with van der Waals surface area (Å²) in [6, 6.07) is 2.32. The highest BCUT2D eigenvalue weighted by molar-refractivity contribution is 5.02. The number of nitrogens with zero attached hydrogens (tertiary/aromatic N) is 3. The van der Waals surface area contributed by atoms with Crippen molar-refractivity contribution in [3.63, 3.8) is 0 Å². The molecular formula is C13H24N4O. The Bertz CT molecular complexity index is 329. The summed E-state index contributed by atoms with van der Waals surface area (Å²) in [5.74, 6) is 0. The Kier molecular flexibility index (Phi) is 7.29. The molecule has 1 N–H and O–H groups in total. The number of nitrogens with one attached hydrogen (secondary N) is 1. The molecule has 5 nitrogen and oxygen atoms in total. The summed E-state index contributed by atoms with van der Waals surface area (Å²) in [5.41, 5.74) is 0.925. The summed E-state index contributed by atoms with van der Waals surface area (Å²) in [6.45, 7) is 12.0. The van der Waals surface area contributed by atoms with Crippen molar-refractivity contribution in [3.8, 4) is 6.01 Å². The predicted octanol–water partition coefficient (Wildman–Crippen LogP) is 1.10. The molecule has 0 unspecified atom stereocenters. The Balaban J connectivity index is 2.05. The minimum absolute atomic E-state index is 0.459. The molecule has 0 saturated heterocycles. The number of hydrogen-bond acceptors (Lipinski definition) is 5. The van der Waals surface area contributed by atoms with Crippen LogP contribution in [-0.2, 0) is 0 Å². The third-order valence-electron chi connectivity index (χ3n) is 2.78. The van der Waals surface area contributed by atoms with Crippen molar-refractivity contribution in [1.29, 1.82) is 0 Å². The highest BCUT2D eigenvalue weighted by Crippen LogP contribution is 2.00. The van der Waals surface area contributed by atoms with Crippen LogP contribution in [0, 0.1) is 6.92 Å². The van der Waals surface area contributed by atoms with E-state index in [4.69, 9.17) is 4.74 Å². The van der Waals surface area contributed by atoms with E-state index in [2.05, 4.69) is 34.0 Å². The van der Waals surface area contributed by atoms with Gasteiger partial charge in [0.2, 0.25) is 0 Å². The fourth-order valence-electron chi connectivity index (χ4n) is 1.61. The zero-order valence-electron chi connectivity index (χ0n) is 11.6. The van der Waals surface area contributed by atoms with Gasteiger partial charge in [-0.05, 0) is 26.1 Å². The number of hydrogen-bond donors (Lipinski definition) is 1. The summed E-state index contributed by atoms with van der Waals surface area (Å²) in [5, 5.41) is 3.35. The van der Waals surface area contributed by atoms with E-state index in [0.717, 1.165) is 38.4 Å². The molecule has 0 fully saturated rings. The maximum Gasteiger partial charge on any atom is 0.316 e. The highest BCUT2D eigenvalue weighted by Gasteiger charge is 1.99. The second kappa shape index (κ2) is 8.83. The summed E-state index contributed by atoms with van der Waals surface area (Å²) >= 11 is 0. The Morgan fingerprint density at radius 1 is 1.28 bits per heavy atom. The van der Waals surface area contributed by atoms with Crippen LogP contribution in [-0.4, -0.2) is 54.2 Å². The molecular weight excluding hydrogens is 228 g/mol. The zero-order valence-corrected chi connectivity index (χ0v) is 11.6. The molecule has 1 aromatic heterocycles. The third-order valence-corrected chi connectivity index (χ3v) is 2.78. The molecule has 1 heterocycles. The van der Waals surface area contributed by atoms with E-state index in [1.807, 2.05) is 13.0 Å². The van der Waals surface area contributed by atoms with Crippen LogP contribution in [0.15, 0.2) is 12.3 Å². The Morgan fingerprint density at radius 2 is 2.06 bits per heavy atom. The van der Waals surface area contributed by atoms with Crippen molar-refractivity contribution in [2.45, 2.75) is 20.8 Å². The molecule has 18 heavy (non-hydrogen) atoms. The maximum absolute atomic E-state index is 5.45. The van der Waals surface area contributed by atoms with Crippen molar-refractivity contribution in [3.05, 3.63) is 18.0 Å². The average Bonchev–Trinajstić information content (AvgIpc) is 2.38. The van der Waals surface area contributed by atoms with Crippen LogP contribution in [0.2, 0.25) is 0 Å². The monoisotopic (exact) mass is 252 g/mol. The average molecular weight is 252 g/mol. The standard InChI is InChI=1S/C13H24N4O/c1-4-17(5-2)10-8-14-9-11-18-13-15-7-6-12(3)16-13/h6-7,14H,4-5,8-11H2,1-3H3. The SMILES string of the molecule is CCN(CC)CCNCCOc1nccc(C)n1. The van der Waals surface area contributed by atoms with Crippen molar-refractivity contribution < 1.29 is 4.74 Å². The number of aryl methyl sites for hydroxylation is 1. The van der Waals surface area contributed by atoms with E-state index in [1.54, 1.807) is 6.20 Å². The van der Waals surface area contributed by atoms with Gasteiger partial charge in [-0.2, -0.15) is 0 Å². The third kappa shape index (κ3) is 5.93. The quantitative estimate of drug-likeness (QED) is 0.667. The lowest BCUT2D eigenvalue weighted by Crippen LogP contribution is -2.33. The minimum Gasteiger partial charge on any atom is -0.462 e. The number of likely N-dealkylation sites (N-methyl/N-ethyl adjacent to an activating group) is 1. The number of aromatic nitrogens is 2. The summed E-state index contributed by atoms with van der Waals surface area (Å²) in [7, 11) is 0.